The van der Waals surface area contributed by atoms with Crippen LogP contribution >= 0.6 is 31.9 Å². The highest BCUT2D eigenvalue weighted by atomic mass is 79.9. The first-order valence-corrected chi connectivity index (χ1v) is 8.59. The maximum Gasteiger partial charge on any atom is 0.265 e. The van der Waals surface area contributed by atoms with Gasteiger partial charge in [0.2, 0.25) is 0 Å². The van der Waals surface area contributed by atoms with Gasteiger partial charge in [-0.3, -0.25) is 4.79 Å². The van der Waals surface area contributed by atoms with E-state index in [1.807, 2.05) is 42.5 Å². The third-order valence-corrected chi connectivity index (χ3v) is 4.31. The van der Waals surface area contributed by atoms with Gasteiger partial charge in [-0.05, 0) is 65.2 Å². The molecule has 22 heavy (non-hydrogen) atoms. The average molecular weight is 427 g/mol. The van der Waals surface area contributed by atoms with Gasteiger partial charge in [0, 0.05) is 10.2 Å². The molecule has 0 spiro atoms. The van der Waals surface area contributed by atoms with Crippen molar-refractivity contribution in [3.05, 3.63) is 57.0 Å². The van der Waals surface area contributed by atoms with Crippen molar-refractivity contribution in [3.63, 3.8) is 0 Å². The number of hydrogen-bond donors (Lipinski definition) is 1. The van der Waals surface area contributed by atoms with Crippen molar-refractivity contribution in [1.82, 2.24) is 0 Å². The molecule has 3 nitrogen and oxygen atoms in total. The molecule has 0 bridgehead atoms. The van der Waals surface area contributed by atoms with Crippen LogP contribution in [0.25, 0.3) is 0 Å². The summed E-state index contributed by atoms with van der Waals surface area (Å²) >= 11 is 6.80. The van der Waals surface area contributed by atoms with E-state index in [-0.39, 0.29) is 5.91 Å². The largest absolute Gasteiger partial charge is 0.480 e. The minimum Gasteiger partial charge on any atom is -0.480 e. The Hall–Kier alpha value is -1.33. The molecule has 0 fully saturated rings. The first-order valence-electron chi connectivity index (χ1n) is 7.01. The highest BCUT2D eigenvalue weighted by Gasteiger charge is 2.16. The van der Waals surface area contributed by atoms with E-state index in [2.05, 4.69) is 44.1 Å². The molecule has 116 valence electrons. The Morgan fingerprint density at radius 1 is 1.18 bits per heavy atom. The third-order valence-electron chi connectivity index (χ3n) is 3.20. The maximum atomic E-state index is 12.2. The molecule has 0 aromatic heterocycles. The Balaban J connectivity index is 1.99. The second kappa shape index (κ2) is 7.79. The Morgan fingerprint density at radius 3 is 2.45 bits per heavy atom. The summed E-state index contributed by atoms with van der Waals surface area (Å²) in [6.45, 7) is 3.82. The van der Waals surface area contributed by atoms with Crippen LogP contribution in [-0.4, -0.2) is 12.0 Å². The van der Waals surface area contributed by atoms with E-state index in [0.717, 1.165) is 21.1 Å². The zero-order valence-electron chi connectivity index (χ0n) is 12.4. The highest BCUT2D eigenvalue weighted by Crippen LogP contribution is 2.29. The van der Waals surface area contributed by atoms with E-state index in [4.69, 9.17) is 4.74 Å². The number of hydrogen-bond acceptors (Lipinski definition) is 2. The molecule has 1 atom stereocenters. The van der Waals surface area contributed by atoms with E-state index in [1.165, 1.54) is 5.56 Å². The van der Waals surface area contributed by atoms with E-state index >= 15 is 0 Å². The summed E-state index contributed by atoms with van der Waals surface area (Å²) in [5, 5.41) is 2.86. The summed E-state index contributed by atoms with van der Waals surface area (Å²) in [5.41, 5.74) is 2.01. The van der Waals surface area contributed by atoms with Gasteiger partial charge in [0.05, 0.1) is 4.47 Å². The van der Waals surface area contributed by atoms with Crippen molar-refractivity contribution in [3.8, 4) is 5.75 Å². The van der Waals surface area contributed by atoms with Crippen LogP contribution in [-0.2, 0) is 11.2 Å². The molecule has 0 saturated heterocycles. The normalized spacial score (nSPS) is 11.8. The van der Waals surface area contributed by atoms with Crippen molar-refractivity contribution in [1.29, 1.82) is 0 Å². The molecule has 0 saturated carbocycles. The van der Waals surface area contributed by atoms with Crippen LogP contribution in [0, 0.1) is 0 Å². The molecule has 0 heterocycles. The molecule has 1 unspecified atom stereocenters. The predicted octanol–water partition coefficient (Wildman–Crippen LogP) is 5.18. The van der Waals surface area contributed by atoms with Crippen molar-refractivity contribution in [2.24, 2.45) is 0 Å². The summed E-state index contributed by atoms with van der Waals surface area (Å²) in [5.74, 6) is 0.450. The number of rotatable bonds is 5. The van der Waals surface area contributed by atoms with Crippen molar-refractivity contribution in [2.45, 2.75) is 26.4 Å². The standard InChI is InChI=1S/C17H17Br2NO2/c1-3-12-4-7-14(8-5-12)20-17(21)11(2)22-16-9-6-13(18)10-15(16)19/h4-11H,3H2,1-2H3,(H,20,21). The van der Waals surface area contributed by atoms with Gasteiger partial charge >= 0.3 is 0 Å². The first kappa shape index (κ1) is 17.0. The lowest BCUT2D eigenvalue weighted by Gasteiger charge is -2.16. The van der Waals surface area contributed by atoms with E-state index < -0.39 is 6.10 Å². The van der Waals surface area contributed by atoms with E-state index in [1.54, 1.807) is 6.92 Å². The van der Waals surface area contributed by atoms with Gasteiger partial charge in [-0.2, -0.15) is 0 Å². The third kappa shape index (κ3) is 4.58. The van der Waals surface area contributed by atoms with Gasteiger partial charge in [0.1, 0.15) is 5.75 Å². The topological polar surface area (TPSA) is 38.3 Å². The summed E-state index contributed by atoms with van der Waals surface area (Å²) in [4.78, 5) is 12.2. The van der Waals surface area contributed by atoms with E-state index in [0.29, 0.717) is 5.75 Å². The van der Waals surface area contributed by atoms with Crippen LogP contribution in [0.1, 0.15) is 19.4 Å². The fourth-order valence-corrected chi connectivity index (χ4v) is 3.02. The minimum atomic E-state index is -0.594. The lowest BCUT2D eigenvalue weighted by molar-refractivity contribution is -0.122. The molecule has 2 aromatic rings. The number of nitrogens with one attached hydrogen (secondary N) is 1. The Labute approximate surface area is 147 Å². The molecule has 5 heteroatoms. The lowest BCUT2D eigenvalue weighted by atomic mass is 10.1. The fraction of sp³-hybridized carbons (Fsp3) is 0.235. The first-order chi connectivity index (χ1) is 10.5. The summed E-state index contributed by atoms with van der Waals surface area (Å²) in [7, 11) is 0. The number of ether oxygens (including phenoxy) is 1. The summed E-state index contributed by atoms with van der Waals surface area (Å²) in [6.07, 6.45) is 0.383. The molecular formula is C17H17Br2NO2. The van der Waals surface area contributed by atoms with Crippen LogP contribution in [0.3, 0.4) is 0 Å². The zero-order chi connectivity index (χ0) is 16.1. The lowest BCUT2D eigenvalue weighted by Crippen LogP contribution is -2.30. The summed E-state index contributed by atoms with van der Waals surface area (Å²) in [6, 6.07) is 13.4. The van der Waals surface area contributed by atoms with Crippen LogP contribution in [0.4, 0.5) is 5.69 Å². The SMILES string of the molecule is CCc1ccc(NC(=O)C(C)Oc2ccc(Br)cc2Br)cc1. The number of anilines is 1. The highest BCUT2D eigenvalue weighted by molar-refractivity contribution is 9.11. The van der Waals surface area contributed by atoms with Gasteiger partial charge in [-0.1, -0.05) is 35.0 Å². The number of carbonyl (C=O) groups excluding carboxylic acids is 1. The van der Waals surface area contributed by atoms with Gasteiger partial charge < -0.3 is 10.1 Å². The fourth-order valence-electron chi connectivity index (χ4n) is 1.88. The predicted molar refractivity (Wildman–Crippen MR) is 96.4 cm³/mol. The molecule has 0 aliphatic heterocycles. The second-order valence-electron chi connectivity index (χ2n) is 4.87. The molecule has 2 rings (SSSR count). The number of amides is 1. The van der Waals surface area contributed by atoms with Crippen LogP contribution in [0.5, 0.6) is 5.75 Å². The molecule has 0 radical (unpaired) electrons. The molecule has 0 aliphatic carbocycles. The molecule has 1 amide bonds. The number of carbonyl (C=O) groups is 1. The second-order valence-corrected chi connectivity index (χ2v) is 6.64. The Bertz CT molecular complexity index is 656. The van der Waals surface area contributed by atoms with Gasteiger partial charge in [-0.25, -0.2) is 0 Å². The van der Waals surface area contributed by atoms with Gasteiger partial charge in [0.25, 0.3) is 5.91 Å². The minimum absolute atomic E-state index is 0.181. The van der Waals surface area contributed by atoms with Crippen LogP contribution < -0.4 is 10.1 Å². The van der Waals surface area contributed by atoms with Gasteiger partial charge in [0.15, 0.2) is 6.10 Å². The number of halogens is 2. The molecular weight excluding hydrogens is 410 g/mol. The molecule has 1 N–H and O–H groups in total. The van der Waals surface area contributed by atoms with Crippen molar-refractivity contribution in [2.75, 3.05) is 5.32 Å². The monoisotopic (exact) mass is 425 g/mol. The van der Waals surface area contributed by atoms with Crippen molar-refractivity contribution >= 4 is 43.5 Å². The number of benzene rings is 2. The van der Waals surface area contributed by atoms with Crippen LogP contribution in [0.2, 0.25) is 0 Å². The molecule has 0 aliphatic rings. The van der Waals surface area contributed by atoms with E-state index in [9.17, 15) is 4.79 Å². The maximum absolute atomic E-state index is 12.2. The molecule has 2 aromatic carbocycles. The summed E-state index contributed by atoms with van der Waals surface area (Å²) < 4.78 is 7.44. The smallest absolute Gasteiger partial charge is 0.265 e. The zero-order valence-corrected chi connectivity index (χ0v) is 15.6. The Morgan fingerprint density at radius 2 is 1.86 bits per heavy atom. The number of aryl methyl sites for hydroxylation is 1. The van der Waals surface area contributed by atoms with Gasteiger partial charge in [-0.15, -0.1) is 0 Å². The average Bonchev–Trinajstić information content (AvgIpc) is 2.50. The van der Waals surface area contributed by atoms with Crippen molar-refractivity contribution < 1.29 is 9.53 Å². The quantitative estimate of drug-likeness (QED) is 0.715. The Kier molecular flexibility index (Phi) is 6.03. The van der Waals surface area contributed by atoms with Crippen LogP contribution in [0.15, 0.2) is 51.4 Å².